The fourth-order valence-corrected chi connectivity index (χ4v) is 3.35. The predicted octanol–water partition coefficient (Wildman–Crippen LogP) is 6.57. The smallest absolute Gasteiger partial charge is 0.326 e. The van der Waals surface area contributed by atoms with Crippen molar-refractivity contribution >= 4 is 45.2 Å². The molecule has 2 aromatic carbocycles. The van der Waals surface area contributed by atoms with Gasteiger partial charge in [-0.1, -0.05) is 53.6 Å². The van der Waals surface area contributed by atoms with Crippen LogP contribution in [0.1, 0.15) is 22.6 Å². The Morgan fingerprint density at radius 1 is 1.12 bits per heavy atom. The highest BCUT2D eigenvalue weighted by Crippen LogP contribution is 2.38. The van der Waals surface area contributed by atoms with Crippen LogP contribution in [0, 0.1) is 0 Å². The van der Waals surface area contributed by atoms with Gasteiger partial charge in [0.15, 0.2) is 0 Å². The molecular formula is C17H13BrCl2F3N. The van der Waals surface area contributed by atoms with Crippen molar-refractivity contribution in [1.29, 1.82) is 0 Å². The van der Waals surface area contributed by atoms with E-state index in [0.717, 1.165) is 11.6 Å². The number of hydrogen-bond donors (Lipinski definition) is 1. The van der Waals surface area contributed by atoms with Gasteiger partial charge in [-0.05, 0) is 50.8 Å². The standard InChI is InChI=1S/C17H13BrCl2F3N/c18-16-10(2-1-3-11(16)9-24)4-5-15(17(21,22)23)12-6-13(19)8-14(20)7-12/h1-8,15H,9,24H2/b5-4+. The lowest BCUT2D eigenvalue weighted by Gasteiger charge is -2.18. The van der Waals surface area contributed by atoms with Gasteiger partial charge in [0.25, 0.3) is 0 Å². The lowest BCUT2D eigenvalue weighted by atomic mass is 9.97. The van der Waals surface area contributed by atoms with Crippen molar-refractivity contribution in [3.8, 4) is 0 Å². The zero-order chi connectivity index (χ0) is 17.9. The Labute approximate surface area is 156 Å². The quantitative estimate of drug-likeness (QED) is 0.573. The lowest BCUT2D eigenvalue weighted by molar-refractivity contribution is -0.139. The van der Waals surface area contributed by atoms with E-state index >= 15 is 0 Å². The number of hydrogen-bond acceptors (Lipinski definition) is 1. The van der Waals surface area contributed by atoms with Gasteiger partial charge in [0, 0.05) is 21.1 Å². The van der Waals surface area contributed by atoms with Crippen molar-refractivity contribution in [2.24, 2.45) is 5.73 Å². The van der Waals surface area contributed by atoms with Crippen LogP contribution < -0.4 is 5.73 Å². The molecule has 0 amide bonds. The molecule has 2 aromatic rings. The average molecular weight is 439 g/mol. The Morgan fingerprint density at radius 2 is 1.75 bits per heavy atom. The summed E-state index contributed by atoms with van der Waals surface area (Å²) in [4.78, 5) is 0. The maximum Gasteiger partial charge on any atom is 0.399 e. The fraction of sp³-hybridized carbons (Fsp3) is 0.176. The van der Waals surface area contributed by atoms with Crippen molar-refractivity contribution in [2.45, 2.75) is 18.6 Å². The van der Waals surface area contributed by atoms with E-state index in [1.54, 1.807) is 18.2 Å². The molecule has 0 aliphatic carbocycles. The molecule has 1 nitrogen and oxygen atoms in total. The zero-order valence-electron chi connectivity index (χ0n) is 12.2. The summed E-state index contributed by atoms with van der Waals surface area (Å²) in [7, 11) is 0. The molecule has 0 saturated carbocycles. The molecule has 0 radical (unpaired) electrons. The minimum Gasteiger partial charge on any atom is -0.326 e. The number of rotatable bonds is 4. The molecule has 1 atom stereocenters. The Kier molecular flexibility index (Phi) is 6.37. The van der Waals surface area contributed by atoms with Crippen LogP contribution in [0.2, 0.25) is 10.0 Å². The first-order valence-corrected chi connectivity index (χ1v) is 8.45. The maximum atomic E-state index is 13.4. The highest BCUT2D eigenvalue weighted by Gasteiger charge is 2.39. The van der Waals surface area contributed by atoms with E-state index in [-0.39, 0.29) is 22.2 Å². The summed E-state index contributed by atoms with van der Waals surface area (Å²) in [6.45, 7) is 0.287. The van der Waals surface area contributed by atoms with Gasteiger partial charge in [-0.2, -0.15) is 13.2 Å². The van der Waals surface area contributed by atoms with Crippen LogP contribution in [-0.4, -0.2) is 6.18 Å². The second-order valence-electron chi connectivity index (χ2n) is 5.11. The topological polar surface area (TPSA) is 26.0 Å². The van der Waals surface area contributed by atoms with Crippen LogP contribution in [0.4, 0.5) is 13.2 Å². The lowest BCUT2D eigenvalue weighted by Crippen LogP contribution is -2.18. The molecule has 0 fully saturated rings. The molecule has 1 unspecified atom stereocenters. The first-order chi connectivity index (χ1) is 11.2. The third-order valence-corrected chi connectivity index (χ3v) is 4.80. The molecule has 0 saturated heterocycles. The van der Waals surface area contributed by atoms with Crippen molar-refractivity contribution in [3.05, 3.63) is 73.7 Å². The van der Waals surface area contributed by atoms with E-state index < -0.39 is 12.1 Å². The molecule has 0 aliphatic heterocycles. The first kappa shape index (κ1) is 19.3. The summed E-state index contributed by atoms with van der Waals surface area (Å²) in [5.41, 5.74) is 7.02. The van der Waals surface area contributed by atoms with E-state index in [4.69, 9.17) is 28.9 Å². The van der Waals surface area contributed by atoms with Gasteiger partial charge in [-0.25, -0.2) is 0 Å². The molecule has 0 bridgehead atoms. The van der Waals surface area contributed by atoms with E-state index in [9.17, 15) is 13.2 Å². The van der Waals surface area contributed by atoms with Gasteiger partial charge >= 0.3 is 6.18 Å². The summed E-state index contributed by atoms with van der Waals surface area (Å²) >= 11 is 15.0. The van der Waals surface area contributed by atoms with Gasteiger partial charge in [-0.3, -0.25) is 0 Å². The second-order valence-corrected chi connectivity index (χ2v) is 6.77. The summed E-state index contributed by atoms with van der Waals surface area (Å²) in [5, 5.41) is 0.318. The zero-order valence-corrected chi connectivity index (χ0v) is 15.3. The summed E-state index contributed by atoms with van der Waals surface area (Å²) < 4.78 is 41.0. The number of allylic oxidation sites excluding steroid dienone is 1. The summed E-state index contributed by atoms with van der Waals surface area (Å²) in [5.74, 6) is -1.82. The second kappa shape index (κ2) is 7.91. The van der Waals surface area contributed by atoms with Gasteiger partial charge in [0.05, 0.1) is 5.92 Å². The summed E-state index contributed by atoms with van der Waals surface area (Å²) in [6, 6.07) is 9.18. The van der Waals surface area contributed by atoms with E-state index in [2.05, 4.69) is 15.9 Å². The Morgan fingerprint density at radius 3 is 2.29 bits per heavy atom. The number of halogens is 6. The molecule has 24 heavy (non-hydrogen) atoms. The minimum atomic E-state index is -4.47. The van der Waals surface area contributed by atoms with Crippen LogP contribution in [0.5, 0.6) is 0 Å². The number of nitrogens with two attached hydrogens (primary N) is 1. The fourth-order valence-electron chi connectivity index (χ4n) is 2.25. The third-order valence-electron chi connectivity index (χ3n) is 3.39. The predicted molar refractivity (Wildman–Crippen MR) is 96.3 cm³/mol. The molecule has 0 aromatic heterocycles. The Balaban J connectivity index is 2.44. The molecule has 0 aliphatic rings. The Hall–Kier alpha value is -1.01. The van der Waals surface area contributed by atoms with E-state index in [1.165, 1.54) is 24.3 Å². The molecule has 7 heteroatoms. The molecule has 2 rings (SSSR count). The third kappa shape index (κ3) is 4.76. The van der Waals surface area contributed by atoms with Crippen molar-refractivity contribution in [2.75, 3.05) is 0 Å². The van der Waals surface area contributed by atoms with Crippen molar-refractivity contribution < 1.29 is 13.2 Å². The van der Waals surface area contributed by atoms with E-state index in [0.29, 0.717) is 10.0 Å². The maximum absolute atomic E-state index is 13.4. The molecule has 128 valence electrons. The van der Waals surface area contributed by atoms with Gasteiger partial charge in [0.2, 0.25) is 0 Å². The summed E-state index contributed by atoms with van der Waals surface area (Å²) in [6.07, 6.45) is -1.97. The Bertz CT molecular complexity index is 740. The minimum absolute atomic E-state index is 0.0117. The average Bonchev–Trinajstić information content (AvgIpc) is 2.46. The van der Waals surface area contributed by atoms with Crippen molar-refractivity contribution in [3.63, 3.8) is 0 Å². The number of benzene rings is 2. The first-order valence-electron chi connectivity index (χ1n) is 6.90. The van der Waals surface area contributed by atoms with Crippen LogP contribution in [0.15, 0.2) is 46.9 Å². The molecule has 2 N–H and O–H groups in total. The van der Waals surface area contributed by atoms with Gasteiger partial charge < -0.3 is 5.73 Å². The normalized spacial score (nSPS) is 13.5. The van der Waals surface area contributed by atoms with Crippen LogP contribution in [-0.2, 0) is 6.54 Å². The largest absolute Gasteiger partial charge is 0.399 e. The van der Waals surface area contributed by atoms with Crippen molar-refractivity contribution in [1.82, 2.24) is 0 Å². The van der Waals surface area contributed by atoms with Gasteiger partial charge in [-0.15, -0.1) is 0 Å². The number of alkyl halides is 3. The van der Waals surface area contributed by atoms with Crippen LogP contribution in [0.3, 0.4) is 0 Å². The molecular weight excluding hydrogens is 426 g/mol. The van der Waals surface area contributed by atoms with Gasteiger partial charge in [0.1, 0.15) is 0 Å². The SMILES string of the molecule is NCc1cccc(/C=C/C(c2cc(Cl)cc(Cl)c2)C(F)(F)F)c1Br. The van der Waals surface area contributed by atoms with E-state index in [1.807, 2.05) is 0 Å². The molecule has 0 heterocycles. The highest BCUT2D eigenvalue weighted by atomic mass is 79.9. The van der Waals surface area contributed by atoms with Crippen LogP contribution in [0.25, 0.3) is 6.08 Å². The molecule has 0 spiro atoms. The highest BCUT2D eigenvalue weighted by molar-refractivity contribution is 9.10. The monoisotopic (exact) mass is 437 g/mol. The van der Waals surface area contributed by atoms with Crippen LogP contribution >= 0.6 is 39.1 Å².